The second kappa shape index (κ2) is 14.9. The first-order valence-corrected chi connectivity index (χ1v) is 15.7. The van der Waals surface area contributed by atoms with Crippen molar-refractivity contribution >= 4 is 23.6 Å². The summed E-state index contributed by atoms with van der Waals surface area (Å²) in [6, 6.07) is 10.5. The lowest BCUT2D eigenvalue weighted by molar-refractivity contribution is -0.138. The van der Waals surface area contributed by atoms with Crippen molar-refractivity contribution in [1.82, 2.24) is 30.6 Å². The fourth-order valence-corrected chi connectivity index (χ4v) is 5.94. The molecule has 4 amide bonds. The van der Waals surface area contributed by atoms with Crippen molar-refractivity contribution < 1.29 is 28.7 Å². The van der Waals surface area contributed by atoms with Gasteiger partial charge in [-0.15, -0.1) is 0 Å². The fraction of sp³-hybridized carbons (Fsp3) is 0.441. The second-order valence-electron chi connectivity index (χ2n) is 12.0. The van der Waals surface area contributed by atoms with Crippen molar-refractivity contribution in [3.63, 3.8) is 0 Å². The lowest BCUT2D eigenvalue weighted by Gasteiger charge is -2.34. The standard InChI is InChI=1S/C34H42N6O6/c1-22-9-10-28-16-25(22)18-35-34(44)32(26-19-36-39(2)21-26)38-33(43)29(37-30(41)15-24-6-4-8-27(14-24)45-3)17-31(42)40-12-5-7-23(20-40)11-13-46-28/h4,6,8-10,14,16,19,21,23,29,32H,5,7,11-13,15,17-18,20H2,1-3H3,(H,35,44)(H,37,41)(H,38,43)/t23?,29-,32?/m0/s1. The van der Waals surface area contributed by atoms with Gasteiger partial charge in [-0.2, -0.15) is 5.10 Å². The third-order valence-electron chi connectivity index (χ3n) is 8.58. The first-order chi connectivity index (χ1) is 22.2. The number of piperidine rings is 1. The number of amides is 4. The number of carbonyl (C=O) groups is 4. The number of aryl methyl sites for hydroxylation is 2. The van der Waals surface area contributed by atoms with E-state index in [1.165, 1.54) is 10.9 Å². The van der Waals surface area contributed by atoms with Crippen LogP contribution in [-0.4, -0.2) is 71.2 Å². The van der Waals surface area contributed by atoms with Gasteiger partial charge < -0.3 is 30.3 Å². The van der Waals surface area contributed by atoms with Crippen molar-refractivity contribution in [2.75, 3.05) is 26.8 Å². The molecular formula is C34H42N6O6. The van der Waals surface area contributed by atoms with Gasteiger partial charge in [0.25, 0.3) is 0 Å². The van der Waals surface area contributed by atoms with Crippen LogP contribution in [-0.2, 0) is 39.2 Å². The molecule has 1 saturated heterocycles. The Morgan fingerprint density at radius 1 is 1.13 bits per heavy atom. The molecule has 244 valence electrons. The van der Waals surface area contributed by atoms with Crippen LogP contribution in [0, 0.1) is 12.8 Å². The van der Waals surface area contributed by atoms with E-state index >= 15 is 0 Å². The zero-order chi connectivity index (χ0) is 32.6. The Morgan fingerprint density at radius 2 is 1.98 bits per heavy atom. The highest BCUT2D eigenvalue weighted by atomic mass is 16.5. The molecule has 2 unspecified atom stereocenters. The molecule has 4 bridgehead atoms. The molecule has 1 aromatic heterocycles. The molecule has 1 fully saturated rings. The summed E-state index contributed by atoms with van der Waals surface area (Å²) in [7, 11) is 3.26. The summed E-state index contributed by atoms with van der Waals surface area (Å²) in [6.45, 7) is 3.80. The highest BCUT2D eigenvalue weighted by Crippen LogP contribution is 2.24. The molecule has 0 spiro atoms. The maximum atomic E-state index is 13.9. The van der Waals surface area contributed by atoms with E-state index in [1.807, 2.05) is 25.1 Å². The average Bonchev–Trinajstić information content (AvgIpc) is 3.48. The Labute approximate surface area is 268 Å². The molecule has 3 atom stereocenters. The predicted molar refractivity (Wildman–Crippen MR) is 170 cm³/mol. The molecule has 46 heavy (non-hydrogen) atoms. The van der Waals surface area contributed by atoms with E-state index < -0.39 is 29.8 Å². The van der Waals surface area contributed by atoms with Crippen LogP contribution in [0.1, 0.15) is 54.0 Å². The maximum Gasteiger partial charge on any atom is 0.247 e. The minimum Gasteiger partial charge on any atom is -0.497 e. The van der Waals surface area contributed by atoms with E-state index in [0.29, 0.717) is 42.3 Å². The Hall–Kier alpha value is -4.87. The highest BCUT2D eigenvalue weighted by molar-refractivity contribution is 5.95. The van der Waals surface area contributed by atoms with E-state index in [1.54, 1.807) is 49.5 Å². The van der Waals surface area contributed by atoms with Gasteiger partial charge in [0, 0.05) is 38.4 Å². The van der Waals surface area contributed by atoms with Crippen LogP contribution in [0.3, 0.4) is 0 Å². The minimum absolute atomic E-state index is 0.0219. The molecule has 3 heterocycles. The van der Waals surface area contributed by atoms with Crippen LogP contribution in [0.15, 0.2) is 54.9 Å². The Bertz CT molecular complexity index is 1570. The monoisotopic (exact) mass is 630 g/mol. The van der Waals surface area contributed by atoms with Gasteiger partial charge >= 0.3 is 0 Å². The molecule has 2 aliphatic heterocycles. The highest BCUT2D eigenvalue weighted by Gasteiger charge is 2.33. The van der Waals surface area contributed by atoms with Crippen LogP contribution in [0.25, 0.3) is 0 Å². The van der Waals surface area contributed by atoms with Crippen LogP contribution in [0.5, 0.6) is 11.5 Å². The Kier molecular flexibility index (Phi) is 10.6. The number of fused-ring (bicyclic) bond motifs is 4. The molecule has 2 aromatic carbocycles. The summed E-state index contributed by atoms with van der Waals surface area (Å²) in [5, 5.41) is 12.7. The second-order valence-corrected chi connectivity index (χ2v) is 12.0. The van der Waals surface area contributed by atoms with Crippen LogP contribution < -0.4 is 25.4 Å². The van der Waals surface area contributed by atoms with Crippen LogP contribution >= 0.6 is 0 Å². The molecule has 0 radical (unpaired) electrons. The number of hydrogen-bond donors (Lipinski definition) is 3. The van der Waals surface area contributed by atoms with E-state index in [2.05, 4.69) is 21.0 Å². The number of carbonyl (C=O) groups excluding carboxylic acids is 4. The van der Waals surface area contributed by atoms with E-state index in [-0.39, 0.29) is 31.2 Å². The number of nitrogens with one attached hydrogen (secondary N) is 3. The van der Waals surface area contributed by atoms with Gasteiger partial charge in [0.15, 0.2) is 0 Å². The number of methoxy groups -OCH3 is 1. The number of aromatic nitrogens is 2. The summed E-state index contributed by atoms with van der Waals surface area (Å²) < 4.78 is 12.9. The number of nitrogens with zero attached hydrogens (tertiary/aromatic N) is 3. The molecule has 3 aromatic rings. The SMILES string of the molecule is COc1cccc(CC(=O)N[C@H]2CC(=O)N3CCCC(CCOc4ccc(C)c(c4)CNC(=O)C(c4cnn(C)c4)NC2=O)C3)c1. The quantitative estimate of drug-likeness (QED) is 0.393. The zero-order valence-corrected chi connectivity index (χ0v) is 26.6. The first-order valence-electron chi connectivity index (χ1n) is 15.7. The molecule has 0 saturated carbocycles. The van der Waals surface area contributed by atoms with Gasteiger partial charge in [-0.3, -0.25) is 23.9 Å². The first kappa shape index (κ1) is 32.5. The topological polar surface area (TPSA) is 144 Å². The van der Waals surface area contributed by atoms with Crippen LogP contribution in [0.2, 0.25) is 0 Å². The molecule has 2 aliphatic rings. The van der Waals surface area contributed by atoms with Gasteiger partial charge in [0.1, 0.15) is 23.6 Å². The van der Waals surface area contributed by atoms with Gasteiger partial charge in [0.05, 0.1) is 32.8 Å². The smallest absolute Gasteiger partial charge is 0.247 e. The number of benzene rings is 2. The van der Waals surface area contributed by atoms with Gasteiger partial charge in [-0.1, -0.05) is 18.2 Å². The zero-order valence-electron chi connectivity index (χ0n) is 26.6. The molecule has 12 heteroatoms. The van der Waals surface area contributed by atoms with Crippen molar-refractivity contribution in [2.45, 2.75) is 57.7 Å². The molecule has 5 rings (SSSR count). The largest absolute Gasteiger partial charge is 0.497 e. The molecular weight excluding hydrogens is 588 g/mol. The molecule has 0 aliphatic carbocycles. The minimum atomic E-state index is -1.21. The van der Waals surface area contributed by atoms with E-state index in [4.69, 9.17) is 9.47 Å². The number of hydrogen-bond acceptors (Lipinski definition) is 7. The fourth-order valence-electron chi connectivity index (χ4n) is 5.94. The third kappa shape index (κ3) is 8.43. The van der Waals surface area contributed by atoms with E-state index in [0.717, 1.165) is 30.4 Å². The van der Waals surface area contributed by atoms with E-state index in [9.17, 15) is 19.2 Å². The third-order valence-corrected chi connectivity index (χ3v) is 8.58. The van der Waals surface area contributed by atoms with Crippen molar-refractivity contribution in [3.05, 3.63) is 77.1 Å². The number of rotatable bonds is 5. The van der Waals surface area contributed by atoms with Crippen molar-refractivity contribution in [3.8, 4) is 11.5 Å². The maximum absolute atomic E-state index is 13.9. The van der Waals surface area contributed by atoms with Gasteiger partial charge in [0.2, 0.25) is 23.6 Å². The van der Waals surface area contributed by atoms with Gasteiger partial charge in [-0.05, 0) is 73.1 Å². The Morgan fingerprint density at radius 3 is 2.76 bits per heavy atom. The average molecular weight is 631 g/mol. The van der Waals surface area contributed by atoms with Crippen molar-refractivity contribution in [2.24, 2.45) is 13.0 Å². The molecule has 12 nitrogen and oxygen atoms in total. The normalized spacial score (nSPS) is 21.2. The van der Waals surface area contributed by atoms with Crippen LogP contribution in [0.4, 0.5) is 0 Å². The van der Waals surface area contributed by atoms with Gasteiger partial charge in [-0.25, -0.2) is 0 Å². The summed E-state index contributed by atoms with van der Waals surface area (Å²) >= 11 is 0. The predicted octanol–water partition coefficient (Wildman–Crippen LogP) is 2.35. The lowest BCUT2D eigenvalue weighted by atomic mass is 9.94. The summed E-state index contributed by atoms with van der Waals surface area (Å²) in [4.78, 5) is 56.2. The Balaban J connectivity index is 1.43. The van der Waals surface area contributed by atoms with Crippen molar-refractivity contribution in [1.29, 1.82) is 0 Å². The lowest BCUT2D eigenvalue weighted by Crippen LogP contribution is -2.53. The number of ether oxygens (including phenoxy) is 2. The molecule has 3 N–H and O–H groups in total. The summed E-state index contributed by atoms with van der Waals surface area (Å²) in [5.74, 6) is -0.201. The summed E-state index contributed by atoms with van der Waals surface area (Å²) in [6.07, 6.45) is 5.48. The summed E-state index contributed by atoms with van der Waals surface area (Å²) in [5.41, 5.74) is 3.03.